The van der Waals surface area contributed by atoms with Crippen LogP contribution in [-0.4, -0.2) is 23.7 Å². The van der Waals surface area contributed by atoms with Gasteiger partial charge >= 0.3 is 17.8 Å². The SMILES string of the molecule is CC(CCc1ccc[n+](C)c1)Cc1cccc(NNC(=O)C(F)(F)C(F)(F)C(=O)[O-])c1. The van der Waals surface area contributed by atoms with Crippen molar-refractivity contribution in [1.29, 1.82) is 0 Å². The number of carbonyl (C=O) groups is 2. The Morgan fingerprint density at radius 2 is 1.77 bits per heavy atom. The fourth-order valence-corrected chi connectivity index (χ4v) is 2.97. The molecule has 1 unspecified atom stereocenters. The maximum absolute atomic E-state index is 13.4. The molecule has 2 rings (SSSR count). The molecule has 0 spiro atoms. The number of aliphatic carboxylic acids is 1. The molecule has 0 radical (unpaired) electrons. The molecule has 6 nitrogen and oxygen atoms in total. The predicted octanol–water partition coefficient (Wildman–Crippen LogP) is 1.79. The van der Waals surface area contributed by atoms with E-state index in [1.54, 1.807) is 12.1 Å². The molecule has 0 aliphatic carbocycles. The van der Waals surface area contributed by atoms with E-state index in [1.807, 2.05) is 42.2 Å². The first-order valence-corrected chi connectivity index (χ1v) is 9.50. The standard InChI is InChI=1S/C21H23F4N3O3/c1-14(8-9-15-6-4-10-28(2)13-15)11-16-5-3-7-17(12-16)26-27-18(29)20(22,23)21(24,25)19(30)31/h3-7,10,12-14,26H,8-9,11H2,1-2H3,(H-,27,29,30,31). The minimum atomic E-state index is -5.65. The lowest BCUT2D eigenvalue weighted by atomic mass is 9.95. The van der Waals surface area contributed by atoms with Crippen LogP contribution in [0.25, 0.3) is 0 Å². The van der Waals surface area contributed by atoms with Gasteiger partial charge < -0.3 is 9.90 Å². The predicted molar refractivity (Wildman–Crippen MR) is 102 cm³/mol. The number of carboxylic acids is 1. The average molecular weight is 441 g/mol. The minimum absolute atomic E-state index is 0.181. The number of anilines is 1. The monoisotopic (exact) mass is 441 g/mol. The number of nitrogens with one attached hydrogen (secondary N) is 2. The number of benzene rings is 1. The number of pyridine rings is 1. The van der Waals surface area contributed by atoms with Gasteiger partial charge in [-0.1, -0.05) is 19.1 Å². The number of carboxylic acid groups (broad SMARTS) is 1. The van der Waals surface area contributed by atoms with Crippen molar-refractivity contribution in [2.45, 2.75) is 38.0 Å². The highest BCUT2D eigenvalue weighted by molar-refractivity contribution is 5.92. The van der Waals surface area contributed by atoms with Crippen LogP contribution >= 0.6 is 0 Å². The normalized spacial score (nSPS) is 12.8. The summed E-state index contributed by atoms with van der Waals surface area (Å²) in [5.41, 5.74) is 5.75. The molecule has 31 heavy (non-hydrogen) atoms. The summed E-state index contributed by atoms with van der Waals surface area (Å²) in [6.07, 6.45) is 6.44. The maximum atomic E-state index is 13.4. The van der Waals surface area contributed by atoms with Crippen LogP contribution in [0.3, 0.4) is 0 Å². The lowest BCUT2D eigenvalue weighted by molar-refractivity contribution is -0.671. The van der Waals surface area contributed by atoms with E-state index >= 15 is 0 Å². The lowest BCUT2D eigenvalue weighted by Gasteiger charge is -2.26. The summed E-state index contributed by atoms with van der Waals surface area (Å²) < 4.78 is 54.9. The molecule has 10 heteroatoms. The number of hydrogen-bond acceptors (Lipinski definition) is 4. The highest BCUT2D eigenvalue weighted by Gasteiger charge is 2.63. The Labute approximate surface area is 176 Å². The van der Waals surface area contributed by atoms with Gasteiger partial charge in [-0.15, -0.1) is 0 Å². The van der Waals surface area contributed by atoms with Gasteiger partial charge in [0.2, 0.25) is 0 Å². The molecule has 1 atom stereocenters. The molecule has 0 saturated carbocycles. The van der Waals surface area contributed by atoms with Gasteiger partial charge in [0.25, 0.3) is 0 Å². The van der Waals surface area contributed by atoms with Gasteiger partial charge in [0.05, 0.1) is 5.69 Å². The number of aryl methyl sites for hydroxylation is 2. The van der Waals surface area contributed by atoms with Crippen LogP contribution in [0, 0.1) is 5.92 Å². The summed E-state index contributed by atoms with van der Waals surface area (Å²) in [5.74, 6) is -16.7. The van der Waals surface area contributed by atoms with Gasteiger partial charge in [-0.05, 0) is 48.9 Å². The molecule has 1 heterocycles. The number of rotatable bonds is 10. The summed E-state index contributed by atoms with van der Waals surface area (Å²) in [5, 5.41) is 10.2. The van der Waals surface area contributed by atoms with Crippen molar-refractivity contribution in [3.63, 3.8) is 0 Å². The Kier molecular flexibility index (Phi) is 7.59. The van der Waals surface area contributed by atoms with Crippen molar-refractivity contribution in [2.75, 3.05) is 5.43 Å². The summed E-state index contributed by atoms with van der Waals surface area (Å²) in [4.78, 5) is 21.6. The minimum Gasteiger partial charge on any atom is -0.544 e. The molecular formula is C21H23F4N3O3. The molecule has 1 aromatic heterocycles. The number of halogens is 4. The topological polar surface area (TPSA) is 85.1 Å². The van der Waals surface area contributed by atoms with Crippen molar-refractivity contribution < 1.29 is 36.8 Å². The van der Waals surface area contributed by atoms with Gasteiger partial charge in [-0.25, -0.2) is 4.57 Å². The van der Waals surface area contributed by atoms with E-state index in [2.05, 4.69) is 12.3 Å². The molecule has 168 valence electrons. The molecule has 1 amide bonds. The molecule has 2 N–H and O–H groups in total. The second-order valence-electron chi connectivity index (χ2n) is 7.44. The van der Waals surface area contributed by atoms with E-state index in [0.717, 1.165) is 18.4 Å². The van der Waals surface area contributed by atoms with E-state index in [4.69, 9.17) is 0 Å². The number of nitrogens with zero attached hydrogens (tertiary/aromatic N) is 1. The number of hydrogen-bond donors (Lipinski definition) is 2. The van der Waals surface area contributed by atoms with Crippen LogP contribution in [-0.2, 0) is 29.5 Å². The maximum Gasteiger partial charge on any atom is 0.393 e. The number of carbonyl (C=O) groups excluding carboxylic acids is 2. The number of aromatic nitrogens is 1. The molecule has 0 aliphatic rings. The van der Waals surface area contributed by atoms with Crippen LogP contribution < -0.4 is 20.5 Å². The lowest BCUT2D eigenvalue weighted by Crippen LogP contribution is -2.60. The van der Waals surface area contributed by atoms with E-state index in [-0.39, 0.29) is 5.69 Å². The molecule has 1 aromatic carbocycles. The Balaban J connectivity index is 1.92. The quantitative estimate of drug-likeness (QED) is 0.335. The summed E-state index contributed by atoms with van der Waals surface area (Å²) in [7, 11) is 1.94. The van der Waals surface area contributed by atoms with Crippen LogP contribution in [0.4, 0.5) is 23.2 Å². The number of hydrazine groups is 1. The first-order valence-electron chi connectivity index (χ1n) is 9.50. The first-order chi connectivity index (χ1) is 14.4. The van der Waals surface area contributed by atoms with E-state index in [9.17, 15) is 32.3 Å². The number of alkyl halides is 4. The molecule has 0 saturated heterocycles. The molecular weight excluding hydrogens is 418 g/mol. The zero-order chi connectivity index (χ0) is 23.2. The zero-order valence-electron chi connectivity index (χ0n) is 17.0. The third-order valence-electron chi connectivity index (χ3n) is 4.69. The Morgan fingerprint density at radius 3 is 2.42 bits per heavy atom. The van der Waals surface area contributed by atoms with E-state index in [1.165, 1.54) is 17.1 Å². The van der Waals surface area contributed by atoms with Crippen molar-refractivity contribution in [3.05, 3.63) is 59.9 Å². The fourth-order valence-electron chi connectivity index (χ4n) is 2.97. The summed E-state index contributed by atoms with van der Waals surface area (Å²) in [6, 6.07) is 10.4. The third-order valence-corrected chi connectivity index (χ3v) is 4.69. The fraction of sp³-hybridized carbons (Fsp3) is 0.381. The second-order valence-corrected chi connectivity index (χ2v) is 7.44. The summed E-state index contributed by atoms with van der Waals surface area (Å²) in [6.45, 7) is 2.06. The van der Waals surface area contributed by atoms with Crippen molar-refractivity contribution in [3.8, 4) is 0 Å². The van der Waals surface area contributed by atoms with Crippen molar-refractivity contribution in [1.82, 2.24) is 5.43 Å². The van der Waals surface area contributed by atoms with E-state index < -0.39 is 23.7 Å². The highest BCUT2D eigenvalue weighted by atomic mass is 19.3. The largest absolute Gasteiger partial charge is 0.544 e. The van der Waals surface area contributed by atoms with Crippen LogP contribution in [0.15, 0.2) is 48.8 Å². The Bertz CT molecular complexity index is 938. The Hall–Kier alpha value is -3.17. The molecule has 0 fully saturated rings. The van der Waals surface area contributed by atoms with Crippen molar-refractivity contribution >= 4 is 17.6 Å². The molecule has 2 aromatic rings. The van der Waals surface area contributed by atoms with Gasteiger partial charge in [0, 0.05) is 11.6 Å². The third kappa shape index (κ3) is 6.16. The average Bonchev–Trinajstić information content (AvgIpc) is 2.70. The molecule has 0 aliphatic heterocycles. The van der Waals surface area contributed by atoms with Gasteiger partial charge in [0.1, 0.15) is 13.0 Å². The smallest absolute Gasteiger partial charge is 0.393 e. The van der Waals surface area contributed by atoms with Gasteiger partial charge in [-0.3, -0.25) is 15.6 Å². The van der Waals surface area contributed by atoms with Crippen LogP contribution in [0.1, 0.15) is 24.5 Å². The molecule has 0 bridgehead atoms. The first kappa shape index (κ1) is 24.1. The summed E-state index contributed by atoms with van der Waals surface area (Å²) >= 11 is 0. The van der Waals surface area contributed by atoms with Crippen molar-refractivity contribution in [2.24, 2.45) is 13.0 Å². The van der Waals surface area contributed by atoms with E-state index in [0.29, 0.717) is 12.3 Å². The van der Waals surface area contributed by atoms with Gasteiger partial charge in [-0.2, -0.15) is 17.6 Å². The van der Waals surface area contributed by atoms with Gasteiger partial charge in [0.15, 0.2) is 12.4 Å². The second kappa shape index (κ2) is 9.76. The zero-order valence-corrected chi connectivity index (χ0v) is 17.0. The highest BCUT2D eigenvalue weighted by Crippen LogP contribution is 2.34. The van der Waals surface area contributed by atoms with Crippen LogP contribution in [0.2, 0.25) is 0 Å². The number of amides is 1. The Morgan fingerprint density at radius 1 is 1.10 bits per heavy atom. The van der Waals surface area contributed by atoms with Crippen LogP contribution in [0.5, 0.6) is 0 Å².